The summed E-state index contributed by atoms with van der Waals surface area (Å²) in [5.41, 5.74) is 11.8. The fourth-order valence-corrected chi connectivity index (χ4v) is 12.7. The van der Waals surface area contributed by atoms with Gasteiger partial charge in [-0.1, -0.05) is 48.5 Å². The summed E-state index contributed by atoms with van der Waals surface area (Å²) in [7, 11) is 9.30. The number of nitrogens with zero attached hydrogens (tertiary/aromatic N) is 11. The number of pyridine rings is 1. The second kappa shape index (κ2) is 25.4. The van der Waals surface area contributed by atoms with Crippen LogP contribution in [0.15, 0.2) is 104 Å². The Bertz CT molecular complexity index is 3500. The predicted octanol–water partition coefficient (Wildman–Crippen LogP) is 12.7. The number of carbonyl (C=O) groups is 2. The van der Waals surface area contributed by atoms with Gasteiger partial charge in [-0.2, -0.15) is 9.97 Å². The van der Waals surface area contributed by atoms with Crippen LogP contribution in [0.3, 0.4) is 0 Å². The van der Waals surface area contributed by atoms with Gasteiger partial charge in [0.15, 0.2) is 5.82 Å². The van der Waals surface area contributed by atoms with Crippen LogP contribution in [0.2, 0.25) is 0 Å². The Morgan fingerprint density at radius 3 is 1.61 bits per heavy atom. The van der Waals surface area contributed by atoms with E-state index in [4.69, 9.17) is 33.9 Å². The van der Waals surface area contributed by atoms with Crippen LogP contribution < -0.4 is 44.4 Å². The van der Waals surface area contributed by atoms with E-state index in [1.54, 1.807) is 55.7 Å². The number of piperidine rings is 2. The van der Waals surface area contributed by atoms with Gasteiger partial charge in [-0.15, -0.1) is 0 Å². The topological polar surface area (TPSA) is 179 Å². The maximum Gasteiger partial charge on any atom is 0.336 e. The number of amides is 4. The molecule has 444 valence electrons. The van der Waals surface area contributed by atoms with Gasteiger partial charge < -0.3 is 39.4 Å². The second-order valence-corrected chi connectivity index (χ2v) is 23.1. The lowest BCUT2D eigenvalue weighted by Crippen LogP contribution is -2.54. The Labute approximate surface area is 499 Å². The third-order valence-electron chi connectivity index (χ3n) is 17.5. The molecule has 0 spiro atoms. The fraction of sp³-hybridized carbons (Fsp3) is 0.409. The molecule has 1 unspecified atom stereocenters. The lowest BCUT2D eigenvalue weighted by molar-refractivity contribution is 0.0854. The number of hydrogen-bond acceptors (Lipinski definition) is 15. The molecular weight excluding hydrogens is 1070 g/mol. The average Bonchev–Trinajstić information content (AvgIpc) is 3.63. The molecule has 19 heteroatoms. The molecule has 2 N–H and O–H groups in total. The van der Waals surface area contributed by atoms with Crippen molar-refractivity contribution >= 4 is 64.2 Å². The molecule has 3 fully saturated rings. The van der Waals surface area contributed by atoms with Crippen molar-refractivity contribution in [3.05, 3.63) is 148 Å². The molecule has 4 amide bonds. The van der Waals surface area contributed by atoms with Gasteiger partial charge >= 0.3 is 12.1 Å². The van der Waals surface area contributed by atoms with Gasteiger partial charge in [-0.05, 0) is 195 Å². The molecule has 0 bridgehead atoms. The van der Waals surface area contributed by atoms with E-state index in [0.717, 1.165) is 132 Å². The Hall–Kier alpha value is -8.39. The van der Waals surface area contributed by atoms with E-state index < -0.39 is 0 Å². The minimum Gasteiger partial charge on any atom is -0.495 e. The van der Waals surface area contributed by atoms with Crippen molar-refractivity contribution in [2.24, 2.45) is 0 Å². The molecule has 4 aromatic carbocycles. The van der Waals surface area contributed by atoms with Crippen molar-refractivity contribution < 1.29 is 28.5 Å². The molecule has 0 saturated carbocycles. The van der Waals surface area contributed by atoms with E-state index in [9.17, 15) is 9.59 Å². The van der Waals surface area contributed by atoms with Crippen LogP contribution >= 0.6 is 0 Å². The lowest BCUT2D eigenvalue weighted by atomic mass is 9.89. The van der Waals surface area contributed by atoms with E-state index in [1.165, 1.54) is 11.1 Å². The maximum absolute atomic E-state index is 14.4. The quantitative estimate of drug-likeness (QED) is 0.111. The molecular formula is C66H79N13O6. The van der Waals surface area contributed by atoms with E-state index in [1.807, 2.05) is 67.1 Å². The van der Waals surface area contributed by atoms with Crippen LogP contribution in [-0.4, -0.2) is 128 Å². The third-order valence-corrected chi connectivity index (χ3v) is 17.5. The minimum atomic E-state index is -0.316. The highest BCUT2D eigenvalue weighted by molar-refractivity contribution is 6.11. The molecule has 3 saturated heterocycles. The second-order valence-electron chi connectivity index (χ2n) is 23.1. The summed E-state index contributed by atoms with van der Waals surface area (Å²) in [6.07, 6.45) is 11.3. The zero-order valence-electron chi connectivity index (χ0n) is 50.7. The largest absolute Gasteiger partial charge is 0.495 e. The summed E-state index contributed by atoms with van der Waals surface area (Å²) in [6.45, 7) is 16.2. The monoisotopic (exact) mass is 1150 g/mol. The van der Waals surface area contributed by atoms with Gasteiger partial charge in [0.1, 0.15) is 28.9 Å². The molecule has 7 aromatic rings. The number of urea groups is 2. The SMILES string of the molecule is COc1cc(C2CCN(C)CC2)ccc1Nc1ncc2c(n1)N(C1CCOCC1)C(=O)N(c1c(C)cccc1C)C2.COc1ccc(N2C(=O)N(c3c(C)cccc3C)C(C)c3cnc(Nc4ccc(C5CCN(C)CC5)cc4OC)nc32)nc1. The number of para-hydroxylation sites is 2. The smallest absolute Gasteiger partial charge is 0.336 e. The molecule has 19 nitrogen and oxygen atoms in total. The van der Waals surface area contributed by atoms with Crippen molar-refractivity contribution in [1.29, 1.82) is 0 Å². The number of anilines is 9. The molecule has 85 heavy (non-hydrogen) atoms. The standard InChI is InChI=1S/C34H39N7O3.C32H40N6O3/c1-21-8-7-9-22(2)31(21)40-23(3)27-20-36-33(38-32(27)41(34(40)42)30-13-11-26(43-5)19-35-30)37-28-12-10-25(18-29(28)44-6)24-14-16-39(4)17-15-24;1-21-6-5-7-22(2)29(21)37-20-25-19-33-31(35-30(25)38(32(37)39)26-12-16-41-17-13-26)34-27-9-8-24(18-28(27)40-4)23-10-14-36(3)15-11-23/h7-13,18-20,23-24H,14-17H2,1-6H3,(H,36,37,38);5-9,18-19,23,26H,10-17,20H2,1-4H3,(H,33,34,35). The number of aryl methyl sites for hydroxylation is 4. The Morgan fingerprint density at radius 1 is 0.565 bits per heavy atom. The number of rotatable bonds is 13. The van der Waals surface area contributed by atoms with Crippen LogP contribution in [0.1, 0.15) is 108 Å². The number of methoxy groups -OCH3 is 3. The van der Waals surface area contributed by atoms with Gasteiger partial charge in [0.05, 0.1) is 62.9 Å². The van der Waals surface area contributed by atoms with Crippen LogP contribution in [-0.2, 0) is 11.3 Å². The molecule has 0 radical (unpaired) electrons. The summed E-state index contributed by atoms with van der Waals surface area (Å²) in [5, 5.41) is 6.72. The van der Waals surface area contributed by atoms with E-state index in [0.29, 0.717) is 66.7 Å². The highest BCUT2D eigenvalue weighted by Crippen LogP contribution is 2.45. The van der Waals surface area contributed by atoms with Gasteiger partial charge in [0.2, 0.25) is 11.9 Å². The van der Waals surface area contributed by atoms with Crippen LogP contribution in [0, 0.1) is 27.7 Å². The Kier molecular flexibility index (Phi) is 17.5. The molecule has 0 aliphatic carbocycles. The van der Waals surface area contributed by atoms with Gasteiger partial charge in [0, 0.05) is 42.8 Å². The zero-order valence-corrected chi connectivity index (χ0v) is 50.7. The molecule has 8 heterocycles. The molecule has 5 aliphatic rings. The number of hydrogen-bond donors (Lipinski definition) is 2. The highest BCUT2D eigenvalue weighted by Gasteiger charge is 2.42. The number of benzene rings is 4. The van der Waals surface area contributed by atoms with Gasteiger partial charge in [-0.3, -0.25) is 14.7 Å². The Morgan fingerprint density at radius 2 is 1.09 bits per heavy atom. The number of likely N-dealkylation sites (tertiary alicyclic amines) is 2. The van der Waals surface area contributed by atoms with Crippen molar-refractivity contribution in [2.45, 2.75) is 104 Å². The molecule has 12 rings (SSSR count). The first-order valence-corrected chi connectivity index (χ1v) is 29.7. The number of aromatic nitrogens is 5. The summed E-state index contributed by atoms with van der Waals surface area (Å²) in [5.74, 6) is 5.51. The summed E-state index contributed by atoms with van der Waals surface area (Å²) >= 11 is 0. The Balaban J connectivity index is 0.000000177. The predicted molar refractivity (Wildman–Crippen MR) is 335 cm³/mol. The van der Waals surface area contributed by atoms with Gasteiger partial charge in [0.25, 0.3) is 0 Å². The third kappa shape index (κ3) is 12.2. The summed E-state index contributed by atoms with van der Waals surface area (Å²) in [6, 6.07) is 27.8. The number of fused-ring (bicyclic) bond motifs is 2. The summed E-state index contributed by atoms with van der Waals surface area (Å²) in [4.78, 5) is 64.3. The van der Waals surface area contributed by atoms with Crippen molar-refractivity contribution in [3.63, 3.8) is 0 Å². The molecule has 3 aromatic heterocycles. The van der Waals surface area contributed by atoms with Crippen molar-refractivity contribution in [3.8, 4) is 17.2 Å². The maximum atomic E-state index is 14.4. The number of nitrogens with one attached hydrogen (secondary N) is 2. The fourth-order valence-electron chi connectivity index (χ4n) is 12.7. The number of ether oxygens (including phenoxy) is 4. The summed E-state index contributed by atoms with van der Waals surface area (Å²) < 4.78 is 22.5. The lowest BCUT2D eigenvalue weighted by Gasteiger charge is -2.42. The first-order chi connectivity index (χ1) is 41.2. The van der Waals surface area contributed by atoms with Crippen LogP contribution in [0.25, 0.3) is 0 Å². The molecule has 5 aliphatic heterocycles. The first-order valence-electron chi connectivity index (χ1n) is 29.7. The van der Waals surface area contributed by atoms with Crippen LogP contribution in [0.4, 0.5) is 61.7 Å². The molecule has 1 atom stereocenters. The first kappa shape index (κ1) is 58.4. The highest BCUT2D eigenvalue weighted by atomic mass is 16.5. The average molecular weight is 1150 g/mol. The number of carbonyl (C=O) groups excluding carboxylic acids is 2. The van der Waals surface area contributed by atoms with Gasteiger partial charge in [-0.25, -0.2) is 29.4 Å². The zero-order chi connectivity index (χ0) is 59.5. The minimum absolute atomic E-state index is 0.00762. The van der Waals surface area contributed by atoms with Crippen LogP contribution in [0.5, 0.6) is 17.2 Å². The van der Waals surface area contributed by atoms with E-state index in [-0.39, 0.29) is 24.1 Å². The van der Waals surface area contributed by atoms with Crippen molar-refractivity contribution in [1.82, 2.24) is 34.7 Å². The van der Waals surface area contributed by atoms with E-state index in [2.05, 4.69) is 101 Å². The normalized spacial score (nSPS) is 18.1. The van der Waals surface area contributed by atoms with E-state index >= 15 is 0 Å². The van der Waals surface area contributed by atoms with Crippen molar-refractivity contribution in [2.75, 3.05) is 105 Å².